The van der Waals surface area contributed by atoms with E-state index in [0.29, 0.717) is 39.2 Å². The number of carbonyl (C=O) groups is 1. The molecule has 1 atom stereocenters. The maximum absolute atomic E-state index is 11.9. The van der Waals surface area contributed by atoms with Gasteiger partial charge in [-0.3, -0.25) is 4.79 Å². The van der Waals surface area contributed by atoms with Crippen LogP contribution in [0.25, 0.3) is 0 Å². The summed E-state index contributed by atoms with van der Waals surface area (Å²) in [4.78, 5) is 11.9. The van der Waals surface area contributed by atoms with Gasteiger partial charge in [0.25, 0.3) is 0 Å². The predicted molar refractivity (Wildman–Crippen MR) is 61.1 cm³/mol. The summed E-state index contributed by atoms with van der Waals surface area (Å²) in [5, 5.41) is 2.83. The second kappa shape index (κ2) is 6.18. The van der Waals surface area contributed by atoms with Crippen molar-refractivity contribution in [1.29, 1.82) is 0 Å². The molecule has 1 fully saturated rings. The van der Waals surface area contributed by atoms with Crippen LogP contribution in [0.15, 0.2) is 0 Å². The van der Waals surface area contributed by atoms with E-state index in [2.05, 4.69) is 5.32 Å². The molecule has 1 aliphatic rings. The molecule has 5 heteroatoms. The molecule has 0 radical (unpaired) electrons. The van der Waals surface area contributed by atoms with Crippen LogP contribution in [0.1, 0.15) is 26.7 Å². The van der Waals surface area contributed by atoms with Crippen LogP contribution < -0.4 is 11.1 Å². The summed E-state index contributed by atoms with van der Waals surface area (Å²) in [6, 6.07) is 0. The Balaban J connectivity index is 2.33. The Morgan fingerprint density at radius 1 is 1.56 bits per heavy atom. The van der Waals surface area contributed by atoms with Gasteiger partial charge in [0.05, 0.1) is 11.6 Å². The Bertz CT molecular complexity index is 227. The molecule has 94 valence electrons. The number of rotatable bonds is 5. The standard InChI is InChI=1S/C11H22N2O3/c1-3-16-9(2)8-13-10(14)11(12)4-6-15-7-5-11/h9H,3-8,12H2,1-2H3,(H,13,14). The zero-order chi connectivity index (χ0) is 12.0. The van der Waals surface area contributed by atoms with Gasteiger partial charge in [0.1, 0.15) is 0 Å². The van der Waals surface area contributed by atoms with Crippen molar-refractivity contribution in [3.63, 3.8) is 0 Å². The van der Waals surface area contributed by atoms with Crippen molar-refractivity contribution < 1.29 is 14.3 Å². The van der Waals surface area contributed by atoms with E-state index >= 15 is 0 Å². The van der Waals surface area contributed by atoms with Crippen molar-refractivity contribution in [1.82, 2.24) is 5.32 Å². The van der Waals surface area contributed by atoms with E-state index < -0.39 is 5.54 Å². The molecular formula is C11H22N2O3. The lowest BCUT2D eigenvalue weighted by Crippen LogP contribution is -2.57. The van der Waals surface area contributed by atoms with Crippen LogP contribution in [-0.4, -0.2) is 43.9 Å². The summed E-state index contributed by atoms with van der Waals surface area (Å²) in [6.45, 7) is 6.14. The molecule has 0 aromatic rings. The number of nitrogens with one attached hydrogen (secondary N) is 1. The van der Waals surface area contributed by atoms with Crippen molar-refractivity contribution in [2.45, 2.75) is 38.3 Å². The average molecular weight is 230 g/mol. The summed E-state index contributed by atoms with van der Waals surface area (Å²) in [5.74, 6) is -0.0950. The van der Waals surface area contributed by atoms with E-state index in [0.717, 1.165) is 0 Å². The first-order valence-corrected chi connectivity index (χ1v) is 5.85. The van der Waals surface area contributed by atoms with Gasteiger partial charge in [0.15, 0.2) is 0 Å². The summed E-state index contributed by atoms with van der Waals surface area (Å²) in [7, 11) is 0. The molecule has 1 rings (SSSR count). The molecule has 0 aromatic carbocycles. The van der Waals surface area contributed by atoms with Gasteiger partial charge in [-0.25, -0.2) is 0 Å². The number of carbonyl (C=O) groups excluding carboxylic acids is 1. The summed E-state index contributed by atoms with van der Waals surface area (Å²) in [5.41, 5.74) is 5.27. The van der Waals surface area contributed by atoms with Crippen LogP contribution >= 0.6 is 0 Å². The number of hydrogen-bond donors (Lipinski definition) is 2. The largest absolute Gasteiger partial charge is 0.381 e. The van der Waals surface area contributed by atoms with E-state index in [4.69, 9.17) is 15.2 Å². The lowest BCUT2D eigenvalue weighted by atomic mass is 9.90. The monoisotopic (exact) mass is 230 g/mol. The molecule has 0 spiro atoms. The lowest BCUT2D eigenvalue weighted by molar-refractivity contribution is -0.130. The molecule has 16 heavy (non-hydrogen) atoms. The molecule has 0 bridgehead atoms. The van der Waals surface area contributed by atoms with Gasteiger partial charge in [-0.15, -0.1) is 0 Å². The van der Waals surface area contributed by atoms with Crippen LogP contribution in [-0.2, 0) is 14.3 Å². The quantitative estimate of drug-likeness (QED) is 0.699. The van der Waals surface area contributed by atoms with Crippen molar-refractivity contribution in [2.75, 3.05) is 26.4 Å². The Morgan fingerprint density at radius 3 is 2.75 bits per heavy atom. The third-order valence-corrected chi connectivity index (χ3v) is 2.84. The number of nitrogens with two attached hydrogens (primary N) is 1. The normalized spacial score (nSPS) is 21.4. The fraction of sp³-hybridized carbons (Fsp3) is 0.909. The lowest BCUT2D eigenvalue weighted by Gasteiger charge is -2.32. The first-order valence-electron chi connectivity index (χ1n) is 5.85. The van der Waals surface area contributed by atoms with Gasteiger partial charge in [0, 0.05) is 26.4 Å². The molecule has 1 aliphatic heterocycles. The Morgan fingerprint density at radius 2 is 2.19 bits per heavy atom. The summed E-state index contributed by atoms with van der Waals surface area (Å²) >= 11 is 0. The molecule has 1 unspecified atom stereocenters. The second-order valence-corrected chi connectivity index (χ2v) is 4.24. The van der Waals surface area contributed by atoms with E-state index in [-0.39, 0.29) is 12.0 Å². The van der Waals surface area contributed by atoms with Crippen molar-refractivity contribution in [2.24, 2.45) is 5.73 Å². The highest BCUT2D eigenvalue weighted by molar-refractivity contribution is 5.86. The van der Waals surface area contributed by atoms with Crippen LogP contribution in [0.2, 0.25) is 0 Å². The highest BCUT2D eigenvalue weighted by Gasteiger charge is 2.35. The maximum atomic E-state index is 11.9. The van der Waals surface area contributed by atoms with Gasteiger partial charge >= 0.3 is 0 Å². The SMILES string of the molecule is CCOC(C)CNC(=O)C1(N)CCOCC1. The molecule has 1 heterocycles. The smallest absolute Gasteiger partial charge is 0.240 e. The van der Waals surface area contributed by atoms with Crippen LogP contribution in [0.5, 0.6) is 0 Å². The van der Waals surface area contributed by atoms with Gasteiger partial charge in [-0.05, 0) is 26.7 Å². The average Bonchev–Trinajstić information content (AvgIpc) is 2.27. The van der Waals surface area contributed by atoms with Crippen molar-refractivity contribution in [3.8, 4) is 0 Å². The van der Waals surface area contributed by atoms with Crippen molar-refractivity contribution in [3.05, 3.63) is 0 Å². The molecule has 3 N–H and O–H groups in total. The number of amides is 1. The molecule has 5 nitrogen and oxygen atoms in total. The van der Waals surface area contributed by atoms with Crippen LogP contribution in [0.3, 0.4) is 0 Å². The van der Waals surface area contributed by atoms with E-state index in [1.165, 1.54) is 0 Å². The second-order valence-electron chi connectivity index (χ2n) is 4.24. The maximum Gasteiger partial charge on any atom is 0.240 e. The van der Waals surface area contributed by atoms with Gasteiger partial charge < -0.3 is 20.5 Å². The van der Waals surface area contributed by atoms with Gasteiger partial charge in [-0.2, -0.15) is 0 Å². The fourth-order valence-corrected chi connectivity index (χ4v) is 1.72. The topological polar surface area (TPSA) is 73.6 Å². The Hall–Kier alpha value is -0.650. The van der Waals surface area contributed by atoms with E-state index in [1.54, 1.807) is 0 Å². The number of ether oxygens (including phenoxy) is 2. The predicted octanol–water partition coefficient (Wildman–Crippen LogP) is 0.0355. The van der Waals surface area contributed by atoms with Crippen LogP contribution in [0.4, 0.5) is 0 Å². The summed E-state index contributed by atoms with van der Waals surface area (Å²) in [6.07, 6.45) is 1.20. The minimum Gasteiger partial charge on any atom is -0.381 e. The summed E-state index contributed by atoms with van der Waals surface area (Å²) < 4.78 is 10.5. The first kappa shape index (κ1) is 13.4. The minimum absolute atomic E-state index is 0.0254. The molecule has 0 aliphatic carbocycles. The third-order valence-electron chi connectivity index (χ3n) is 2.84. The molecule has 1 amide bonds. The van der Waals surface area contributed by atoms with E-state index in [1.807, 2.05) is 13.8 Å². The molecule has 0 saturated carbocycles. The van der Waals surface area contributed by atoms with E-state index in [9.17, 15) is 4.79 Å². The van der Waals surface area contributed by atoms with Crippen LogP contribution in [0, 0.1) is 0 Å². The molecule has 1 saturated heterocycles. The fourth-order valence-electron chi connectivity index (χ4n) is 1.72. The van der Waals surface area contributed by atoms with Gasteiger partial charge in [-0.1, -0.05) is 0 Å². The highest BCUT2D eigenvalue weighted by Crippen LogP contribution is 2.17. The zero-order valence-corrected chi connectivity index (χ0v) is 10.1. The number of hydrogen-bond acceptors (Lipinski definition) is 4. The molecule has 0 aromatic heterocycles. The Labute approximate surface area is 96.7 Å². The third kappa shape index (κ3) is 3.73. The minimum atomic E-state index is -0.760. The van der Waals surface area contributed by atoms with Crippen molar-refractivity contribution >= 4 is 5.91 Å². The Kier molecular flexibility index (Phi) is 5.18. The zero-order valence-electron chi connectivity index (χ0n) is 10.1. The molecular weight excluding hydrogens is 208 g/mol. The highest BCUT2D eigenvalue weighted by atomic mass is 16.5. The van der Waals surface area contributed by atoms with Gasteiger partial charge in [0.2, 0.25) is 5.91 Å². The first-order chi connectivity index (χ1) is 7.58.